The molecule has 1 aliphatic heterocycles. The number of ether oxygens (including phenoxy) is 1. The van der Waals surface area contributed by atoms with Crippen molar-refractivity contribution in [1.29, 1.82) is 0 Å². The van der Waals surface area contributed by atoms with E-state index in [1.807, 2.05) is 24.3 Å². The van der Waals surface area contributed by atoms with E-state index < -0.39 is 0 Å². The number of carbonyl (C=O) groups excluding carboxylic acids is 2. The van der Waals surface area contributed by atoms with E-state index in [0.717, 1.165) is 18.8 Å². The average Bonchev–Trinajstić information content (AvgIpc) is 2.82. The Balaban J connectivity index is 1.85. The molecule has 0 spiro atoms. The summed E-state index contributed by atoms with van der Waals surface area (Å²) >= 11 is 0. The number of rotatable bonds is 5. The SMILES string of the molecule is CCC(=O)OCC(=O)Nc1ccc(N2CCCCCC2)cc1. The molecule has 0 aliphatic carbocycles. The molecule has 0 atom stereocenters. The molecule has 0 unspecified atom stereocenters. The fraction of sp³-hybridized carbons (Fsp3) is 0.529. The normalized spacial score (nSPS) is 15.0. The van der Waals surface area contributed by atoms with Crippen molar-refractivity contribution in [2.75, 3.05) is 29.9 Å². The fourth-order valence-corrected chi connectivity index (χ4v) is 2.53. The molecule has 1 aromatic carbocycles. The van der Waals surface area contributed by atoms with Gasteiger partial charge in [-0.1, -0.05) is 19.8 Å². The van der Waals surface area contributed by atoms with Gasteiger partial charge in [0.05, 0.1) is 0 Å². The first-order chi connectivity index (χ1) is 10.7. The molecule has 1 saturated heterocycles. The first-order valence-electron chi connectivity index (χ1n) is 7.99. The third-order valence-electron chi connectivity index (χ3n) is 3.78. The van der Waals surface area contributed by atoms with Crippen molar-refractivity contribution >= 4 is 23.3 Å². The number of carbonyl (C=O) groups is 2. The summed E-state index contributed by atoms with van der Waals surface area (Å²) in [6.07, 6.45) is 5.36. The highest BCUT2D eigenvalue weighted by Gasteiger charge is 2.10. The van der Waals surface area contributed by atoms with Gasteiger partial charge in [0.25, 0.3) is 5.91 Å². The monoisotopic (exact) mass is 304 g/mol. The van der Waals surface area contributed by atoms with Gasteiger partial charge in [-0.3, -0.25) is 9.59 Å². The van der Waals surface area contributed by atoms with Crippen molar-refractivity contribution in [2.45, 2.75) is 39.0 Å². The van der Waals surface area contributed by atoms with E-state index in [0.29, 0.717) is 0 Å². The smallest absolute Gasteiger partial charge is 0.306 e. The highest BCUT2D eigenvalue weighted by molar-refractivity contribution is 5.92. The van der Waals surface area contributed by atoms with Crippen LogP contribution in [0.4, 0.5) is 11.4 Å². The Bertz CT molecular complexity index is 491. The molecule has 0 saturated carbocycles. The van der Waals surface area contributed by atoms with Crippen molar-refractivity contribution in [1.82, 2.24) is 0 Å². The Hall–Kier alpha value is -2.04. The molecule has 0 bridgehead atoms. The van der Waals surface area contributed by atoms with Gasteiger partial charge in [-0.15, -0.1) is 0 Å². The van der Waals surface area contributed by atoms with E-state index in [-0.39, 0.29) is 24.9 Å². The molecule has 1 aromatic rings. The van der Waals surface area contributed by atoms with Crippen LogP contribution < -0.4 is 10.2 Å². The summed E-state index contributed by atoms with van der Waals surface area (Å²) in [5.74, 6) is -0.684. The van der Waals surface area contributed by atoms with Crippen LogP contribution in [0.2, 0.25) is 0 Å². The van der Waals surface area contributed by atoms with Gasteiger partial charge >= 0.3 is 5.97 Å². The molecule has 0 aromatic heterocycles. The number of amides is 1. The van der Waals surface area contributed by atoms with Crippen molar-refractivity contribution in [3.8, 4) is 0 Å². The average molecular weight is 304 g/mol. The number of anilines is 2. The highest BCUT2D eigenvalue weighted by Crippen LogP contribution is 2.21. The van der Waals surface area contributed by atoms with E-state index in [4.69, 9.17) is 4.74 Å². The Morgan fingerprint density at radius 3 is 2.32 bits per heavy atom. The topological polar surface area (TPSA) is 58.6 Å². The van der Waals surface area contributed by atoms with Crippen LogP contribution in [-0.2, 0) is 14.3 Å². The Morgan fingerprint density at radius 1 is 1.09 bits per heavy atom. The van der Waals surface area contributed by atoms with Gasteiger partial charge < -0.3 is 15.0 Å². The lowest BCUT2D eigenvalue weighted by Gasteiger charge is -2.22. The highest BCUT2D eigenvalue weighted by atomic mass is 16.5. The second-order valence-electron chi connectivity index (χ2n) is 5.51. The van der Waals surface area contributed by atoms with Crippen LogP contribution >= 0.6 is 0 Å². The summed E-state index contributed by atoms with van der Waals surface area (Å²) < 4.78 is 4.80. The van der Waals surface area contributed by atoms with E-state index in [1.54, 1.807) is 6.92 Å². The Labute approximate surface area is 131 Å². The quantitative estimate of drug-likeness (QED) is 0.850. The second kappa shape index (κ2) is 8.41. The van der Waals surface area contributed by atoms with Crippen LogP contribution in [0.1, 0.15) is 39.0 Å². The number of nitrogens with one attached hydrogen (secondary N) is 1. The van der Waals surface area contributed by atoms with Crippen molar-refractivity contribution < 1.29 is 14.3 Å². The Kier molecular flexibility index (Phi) is 6.25. The summed E-state index contributed by atoms with van der Waals surface area (Å²) in [5, 5.41) is 2.73. The lowest BCUT2D eigenvalue weighted by Crippen LogP contribution is -2.24. The third-order valence-corrected chi connectivity index (χ3v) is 3.78. The maximum atomic E-state index is 11.7. The molecule has 5 heteroatoms. The molecule has 5 nitrogen and oxygen atoms in total. The molecule has 120 valence electrons. The predicted molar refractivity (Wildman–Crippen MR) is 87.0 cm³/mol. The van der Waals surface area contributed by atoms with Gasteiger partial charge in [0.2, 0.25) is 0 Å². The van der Waals surface area contributed by atoms with E-state index >= 15 is 0 Å². The summed E-state index contributed by atoms with van der Waals surface area (Å²) in [7, 11) is 0. The molecule has 1 fully saturated rings. The molecule has 1 aliphatic rings. The standard InChI is InChI=1S/C17H24N2O3/c1-2-17(21)22-13-16(20)18-14-7-9-15(10-8-14)19-11-5-3-4-6-12-19/h7-10H,2-6,11-13H2,1H3,(H,18,20). The van der Waals surface area contributed by atoms with Gasteiger partial charge in [0.1, 0.15) is 0 Å². The molecule has 0 radical (unpaired) electrons. The summed E-state index contributed by atoms with van der Waals surface area (Å²) in [6, 6.07) is 7.83. The Morgan fingerprint density at radius 2 is 1.73 bits per heavy atom. The number of hydrogen-bond acceptors (Lipinski definition) is 4. The first-order valence-corrected chi connectivity index (χ1v) is 7.99. The minimum atomic E-state index is -0.369. The zero-order chi connectivity index (χ0) is 15.8. The molecule has 2 rings (SSSR count). The molecular weight excluding hydrogens is 280 g/mol. The van der Waals surface area contributed by atoms with Gasteiger partial charge in [-0.2, -0.15) is 0 Å². The van der Waals surface area contributed by atoms with Gasteiger partial charge in [0.15, 0.2) is 6.61 Å². The van der Waals surface area contributed by atoms with E-state index in [2.05, 4.69) is 10.2 Å². The molecule has 1 N–H and O–H groups in total. The third kappa shape index (κ3) is 5.06. The molecule has 22 heavy (non-hydrogen) atoms. The second-order valence-corrected chi connectivity index (χ2v) is 5.51. The largest absolute Gasteiger partial charge is 0.456 e. The van der Waals surface area contributed by atoms with Crippen LogP contribution in [0.25, 0.3) is 0 Å². The number of benzene rings is 1. The fourth-order valence-electron chi connectivity index (χ4n) is 2.53. The maximum Gasteiger partial charge on any atom is 0.306 e. The summed E-state index contributed by atoms with van der Waals surface area (Å²) in [5.41, 5.74) is 1.91. The van der Waals surface area contributed by atoms with Crippen LogP contribution in [0.5, 0.6) is 0 Å². The van der Waals surface area contributed by atoms with Crippen molar-refractivity contribution in [3.05, 3.63) is 24.3 Å². The predicted octanol–water partition coefficient (Wildman–Crippen LogP) is 2.96. The first kappa shape index (κ1) is 16.3. The lowest BCUT2D eigenvalue weighted by molar-refractivity contribution is -0.146. The summed E-state index contributed by atoms with van der Waals surface area (Å²) in [4.78, 5) is 25.1. The van der Waals surface area contributed by atoms with Crippen LogP contribution in [0, 0.1) is 0 Å². The molecule has 1 heterocycles. The maximum absolute atomic E-state index is 11.7. The van der Waals surface area contributed by atoms with Crippen molar-refractivity contribution in [3.63, 3.8) is 0 Å². The van der Waals surface area contributed by atoms with Gasteiger partial charge in [0, 0.05) is 30.9 Å². The van der Waals surface area contributed by atoms with Gasteiger partial charge in [-0.05, 0) is 37.1 Å². The van der Waals surface area contributed by atoms with E-state index in [9.17, 15) is 9.59 Å². The van der Waals surface area contributed by atoms with Crippen LogP contribution in [0.15, 0.2) is 24.3 Å². The number of nitrogens with zero attached hydrogens (tertiary/aromatic N) is 1. The van der Waals surface area contributed by atoms with E-state index in [1.165, 1.54) is 31.4 Å². The lowest BCUT2D eigenvalue weighted by atomic mass is 10.2. The number of hydrogen-bond donors (Lipinski definition) is 1. The minimum Gasteiger partial charge on any atom is -0.456 e. The van der Waals surface area contributed by atoms with Gasteiger partial charge in [-0.25, -0.2) is 0 Å². The molecule has 1 amide bonds. The minimum absolute atomic E-state index is 0.236. The summed E-state index contributed by atoms with van der Waals surface area (Å²) in [6.45, 7) is 3.65. The molecular formula is C17H24N2O3. The van der Waals surface area contributed by atoms with Crippen LogP contribution in [0.3, 0.4) is 0 Å². The van der Waals surface area contributed by atoms with Crippen LogP contribution in [-0.4, -0.2) is 31.6 Å². The number of esters is 1. The zero-order valence-electron chi connectivity index (χ0n) is 13.1. The van der Waals surface area contributed by atoms with Crippen molar-refractivity contribution in [2.24, 2.45) is 0 Å². The zero-order valence-corrected chi connectivity index (χ0v) is 13.1.